The highest BCUT2D eigenvalue weighted by Gasteiger charge is 2.28. The van der Waals surface area contributed by atoms with Crippen LogP contribution in [0.3, 0.4) is 0 Å². The molecule has 1 aromatic heterocycles. The second-order valence-electron chi connectivity index (χ2n) is 8.62. The van der Waals surface area contributed by atoms with Gasteiger partial charge in [-0.15, -0.1) is 0 Å². The van der Waals surface area contributed by atoms with Crippen LogP contribution in [0.5, 0.6) is 0 Å². The number of nitrogens with one attached hydrogen (secondary N) is 3. The zero-order valence-electron chi connectivity index (χ0n) is 20.1. The van der Waals surface area contributed by atoms with Crippen LogP contribution in [0.15, 0.2) is 91.1 Å². The van der Waals surface area contributed by atoms with Gasteiger partial charge in [-0.1, -0.05) is 78.9 Å². The molecule has 4 aromatic rings. The quantitative estimate of drug-likeness (QED) is 0.301. The minimum Gasteiger partial charge on any atom is -0.467 e. The average molecular weight is 484 g/mol. The second-order valence-corrected chi connectivity index (χ2v) is 8.62. The molecule has 4 rings (SSSR count). The molecule has 0 bridgehead atoms. The van der Waals surface area contributed by atoms with E-state index in [9.17, 15) is 14.4 Å². The van der Waals surface area contributed by atoms with Gasteiger partial charge in [0, 0.05) is 29.9 Å². The van der Waals surface area contributed by atoms with Gasteiger partial charge >= 0.3 is 5.97 Å². The van der Waals surface area contributed by atoms with E-state index in [1.807, 2.05) is 91.1 Å². The van der Waals surface area contributed by atoms with Crippen molar-refractivity contribution in [2.75, 3.05) is 7.11 Å². The topological polar surface area (TPSA) is 100 Å². The number of rotatable bonds is 10. The summed E-state index contributed by atoms with van der Waals surface area (Å²) in [4.78, 5) is 42.1. The fourth-order valence-electron chi connectivity index (χ4n) is 4.21. The molecular weight excluding hydrogens is 454 g/mol. The zero-order chi connectivity index (χ0) is 25.3. The van der Waals surface area contributed by atoms with Gasteiger partial charge in [0.25, 0.3) is 0 Å². The summed E-state index contributed by atoms with van der Waals surface area (Å²) in [5, 5.41) is 6.66. The van der Waals surface area contributed by atoms with Crippen molar-refractivity contribution in [1.29, 1.82) is 0 Å². The number of carbonyl (C=O) groups is 3. The molecule has 2 amide bonds. The van der Waals surface area contributed by atoms with Crippen molar-refractivity contribution in [3.05, 3.63) is 108 Å². The van der Waals surface area contributed by atoms with E-state index in [0.717, 1.165) is 27.6 Å². The third-order valence-electron chi connectivity index (χ3n) is 6.04. The number of aromatic nitrogens is 1. The molecule has 0 aliphatic rings. The molecule has 0 saturated carbocycles. The Hall–Kier alpha value is -4.39. The number of hydrogen-bond acceptors (Lipinski definition) is 4. The van der Waals surface area contributed by atoms with Crippen LogP contribution in [0.1, 0.15) is 16.7 Å². The van der Waals surface area contributed by atoms with Crippen molar-refractivity contribution >= 4 is 28.7 Å². The molecule has 0 radical (unpaired) electrons. The van der Waals surface area contributed by atoms with Gasteiger partial charge in [-0.05, 0) is 22.8 Å². The number of H-pyrrole nitrogens is 1. The van der Waals surface area contributed by atoms with Gasteiger partial charge in [0.05, 0.1) is 13.5 Å². The molecule has 0 saturated heterocycles. The summed E-state index contributed by atoms with van der Waals surface area (Å²) >= 11 is 0. The first-order valence-corrected chi connectivity index (χ1v) is 11.8. The van der Waals surface area contributed by atoms with E-state index in [4.69, 9.17) is 4.74 Å². The van der Waals surface area contributed by atoms with E-state index >= 15 is 0 Å². The summed E-state index contributed by atoms with van der Waals surface area (Å²) in [7, 11) is 1.29. The molecule has 1 heterocycles. The maximum Gasteiger partial charge on any atom is 0.328 e. The number of fused-ring (bicyclic) bond motifs is 1. The fraction of sp³-hybridized carbons (Fsp3) is 0.207. The fourth-order valence-corrected chi connectivity index (χ4v) is 4.21. The average Bonchev–Trinajstić information content (AvgIpc) is 3.31. The molecule has 0 aliphatic heterocycles. The Balaban J connectivity index is 1.55. The van der Waals surface area contributed by atoms with Crippen molar-refractivity contribution in [3.8, 4) is 0 Å². The number of esters is 1. The normalized spacial score (nSPS) is 12.5. The third kappa shape index (κ3) is 6.39. The van der Waals surface area contributed by atoms with Crippen LogP contribution < -0.4 is 10.6 Å². The highest BCUT2D eigenvalue weighted by Crippen LogP contribution is 2.19. The number of hydrogen-bond donors (Lipinski definition) is 3. The minimum absolute atomic E-state index is 0.142. The minimum atomic E-state index is -0.888. The van der Waals surface area contributed by atoms with Gasteiger partial charge in [0.1, 0.15) is 12.1 Å². The van der Waals surface area contributed by atoms with Crippen molar-refractivity contribution in [1.82, 2.24) is 15.6 Å². The summed E-state index contributed by atoms with van der Waals surface area (Å²) in [6.07, 6.45) is 2.52. The molecular formula is C29H29N3O4. The molecule has 2 atom stereocenters. The molecule has 184 valence electrons. The molecule has 3 aromatic carbocycles. The molecule has 0 unspecified atom stereocenters. The van der Waals surface area contributed by atoms with Crippen LogP contribution in [0, 0.1) is 0 Å². The lowest BCUT2D eigenvalue weighted by atomic mass is 10.0. The van der Waals surface area contributed by atoms with Gasteiger partial charge in [-0.25, -0.2) is 4.79 Å². The van der Waals surface area contributed by atoms with Gasteiger partial charge in [0.2, 0.25) is 11.8 Å². The van der Waals surface area contributed by atoms with Crippen LogP contribution in [-0.2, 0) is 38.4 Å². The van der Waals surface area contributed by atoms with Crippen molar-refractivity contribution in [3.63, 3.8) is 0 Å². The van der Waals surface area contributed by atoms with Crippen LogP contribution >= 0.6 is 0 Å². The Kier molecular flexibility index (Phi) is 8.13. The maximum atomic E-state index is 13.5. The monoisotopic (exact) mass is 483 g/mol. The van der Waals surface area contributed by atoms with Gasteiger partial charge in [-0.2, -0.15) is 0 Å². The van der Waals surface area contributed by atoms with Gasteiger partial charge in [-0.3, -0.25) is 9.59 Å². The van der Waals surface area contributed by atoms with E-state index < -0.39 is 24.0 Å². The first-order valence-electron chi connectivity index (χ1n) is 11.8. The molecule has 0 aliphatic carbocycles. The molecule has 7 heteroatoms. The Morgan fingerprint density at radius 1 is 0.778 bits per heavy atom. The summed E-state index contributed by atoms with van der Waals surface area (Å²) in [6, 6.07) is 24.7. The smallest absolute Gasteiger partial charge is 0.328 e. The van der Waals surface area contributed by atoms with E-state index in [-0.39, 0.29) is 25.2 Å². The molecule has 0 fully saturated rings. The van der Waals surface area contributed by atoms with E-state index in [2.05, 4.69) is 15.6 Å². The standard InChI is InChI=1S/C29H29N3O4/c1-36-29(35)26(16-20-10-4-2-5-11-20)32-28(34)25(31-27(33)17-21-12-6-3-7-13-21)18-22-19-30-24-15-9-8-14-23(22)24/h2-15,19,25-26,30H,16-18H2,1H3,(H,31,33)(H,32,34)/t25-,26+/m0/s1. The number of aromatic amines is 1. The summed E-state index contributed by atoms with van der Waals surface area (Å²) in [6.45, 7) is 0. The van der Waals surface area contributed by atoms with Gasteiger partial charge < -0.3 is 20.4 Å². The lowest BCUT2D eigenvalue weighted by molar-refractivity contribution is -0.145. The van der Waals surface area contributed by atoms with Gasteiger partial charge in [0.15, 0.2) is 0 Å². The number of para-hydroxylation sites is 1. The summed E-state index contributed by atoms with van der Waals surface area (Å²) in [5.41, 5.74) is 3.56. The van der Waals surface area contributed by atoms with Crippen LogP contribution in [0.4, 0.5) is 0 Å². The summed E-state index contributed by atoms with van der Waals surface area (Å²) < 4.78 is 4.94. The summed E-state index contributed by atoms with van der Waals surface area (Å²) in [5.74, 6) is -1.28. The van der Waals surface area contributed by atoms with E-state index in [0.29, 0.717) is 0 Å². The Labute approximate surface area is 209 Å². The SMILES string of the molecule is COC(=O)[C@@H](Cc1ccccc1)NC(=O)[C@H](Cc1c[nH]c2ccccc12)NC(=O)Cc1ccccc1. The largest absolute Gasteiger partial charge is 0.467 e. The molecule has 36 heavy (non-hydrogen) atoms. The lowest BCUT2D eigenvalue weighted by Crippen LogP contribution is -2.53. The Morgan fingerprint density at radius 2 is 1.42 bits per heavy atom. The zero-order valence-corrected chi connectivity index (χ0v) is 20.1. The Bertz CT molecular complexity index is 1320. The van der Waals surface area contributed by atoms with Crippen LogP contribution in [-0.4, -0.2) is 42.0 Å². The highest BCUT2D eigenvalue weighted by molar-refractivity contribution is 5.92. The number of amides is 2. The third-order valence-corrected chi connectivity index (χ3v) is 6.04. The number of benzene rings is 3. The van der Waals surface area contributed by atoms with Crippen molar-refractivity contribution in [2.45, 2.75) is 31.3 Å². The number of methoxy groups -OCH3 is 1. The van der Waals surface area contributed by atoms with Crippen LogP contribution in [0.25, 0.3) is 10.9 Å². The maximum absolute atomic E-state index is 13.5. The number of carbonyl (C=O) groups excluding carboxylic acids is 3. The van der Waals surface area contributed by atoms with Crippen molar-refractivity contribution < 1.29 is 19.1 Å². The lowest BCUT2D eigenvalue weighted by Gasteiger charge is -2.22. The molecule has 0 spiro atoms. The van der Waals surface area contributed by atoms with E-state index in [1.165, 1.54) is 7.11 Å². The first kappa shape index (κ1) is 24.7. The van der Waals surface area contributed by atoms with E-state index in [1.54, 1.807) is 0 Å². The molecule has 7 nitrogen and oxygen atoms in total. The molecule has 3 N–H and O–H groups in total. The first-order chi connectivity index (χ1) is 17.5. The van der Waals surface area contributed by atoms with Crippen molar-refractivity contribution in [2.24, 2.45) is 0 Å². The Morgan fingerprint density at radius 3 is 2.11 bits per heavy atom. The number of ether oxygens (including phenoxy) is 1. The van der Waals surface area contributed by atoms with Crippen LogP contribution in [0.2, 0.25) is 0 Å². The predicted molar refractivity (Wildman–Crippen MR) is 138 cm³/mol. The second kappa shape index (κ2) is 11.8. The predicted octanol–water partition coefficient (Wildman–Crippen LogP) is 3.34. The highest BCUT2D eigenvalue weighted by atomic mass is 16.5.